The van der Waals surface area contributed by atoms with Crippen LogP contribution in [0.25, 0.3) is 0 Å². The summed E-state index contributed by atoms with van der Waals surface area (Å²) in [4.78, 5) is 0. The Kier molecular flexibility index (Phi) is 1.68. The Hall–Kier alpha value is -0.460. The van der Waals surface area contributed by atoms with Crippen LogP contribution in [0, 0.1) is 23.7 Å². The molecule has 0 aromatic carbocycles. The van der Waals surface area contributed by atoms with Gasteiger partial charge < -0.3 is 5.73 Å². The molecule has 0 spiro atoms. The molecule has 3 aliphatic carbocycles. The van der Waals surface area contributed by atoms with Crippen molar-refractivity contribution in [2.75, 3.05) is 0 Å². The van der Waals surface area contributed by atoms with Gasteiger partial charge in [-0.05, 0) is 56.3 Å². The summed E-state index contributed by atoms with van der Waals surface area (Å²) in [5.41, 5.74) is 7.46. The van der Waals surface area contributed by atoms with Gasteiger partial charge in [-0.15, -0.1) is 0 Å². The third kappa shape index (κ3) is 1.74. The van der Waals surface area contributed by atoms with Crippen LogP contribution in [0.3, 0.4) is 0 Å². The van der Waals surface area contributed by atoms with Crippen LogP contribution < -0.4 is 5.73 Å². The lowest BCUT2D eigenvalue weighted by Gasteiger charge is -2.15. The van der Waals surface area contributed by atoms with E-state index >= 15 is 0 Å². The number of allylic oxidation sites excluding steroid dienone is 2. The van der Waals surface area contributed by atoms with Crippen LogP contribution in [0.4, 0.5) is 0 Å². The summed E-state index contributed by atoms with van der Waals surface area (Å²) in [7, 11) is 0. The molecule has 0 saturated heterocycles. The lowest BCUT2D eigenvalue weighted by atomic mass is 9.93. The number of nitrogens with two attached hydrogens (primary N) is 1. The summed E-state index contributed by atoms with van der Waals surface area (Å²) in [6.07, 6.45) is 10.9. The van der Waals surface area contributed by atoms with Gasteiger partial charge in [0.05, 0.1) is 0 Å². The zero-order valence-electron chi connectivity index (χ0n) is 8.21. The van der Waals surface area contributed by atoms with Crippen LogP contribution in [0.5, 0.6) is 0 Å². The molecule has 72 valence electrons. The molecule has 0 bridgehead atoms. The van der Waals surface area contributed by atoms with Crippen LogP contribution >= 0.6 is 0 Å². The highest BCUT2D eigenvalue weighted by Gasteiger charge is 2.42. The fraction of sp³-hybridized carbons (Fsp3) is 0.833. The van der Waals surface area contributed by atoms with Gasteiger partial charge in [-0.1, -0.05) is 6.08 Å². The molecule has 0 atom stereocenters. The van der Waals surface area contributed by atoms with E-state index in [4.69, 9.17) is 5.73 Å². The van der Waals surface area contributed by atoms with Crippen molar-refractivity contribution in [2.24, 2.45) is 29.4 Å². The second-order valence-corrected chi connectivity index (χ2v) is 5.20. The van der Waals surface area contributed by atoms with Crippen LogP contribution in [-0.2, 0) is 0 Å². The second-order valence-electron chi connectivity index (χ2n) is 5.20. The Morgan fingerprint density at radius 1 is 1.00 bits per heavy atom. The Bertz CT molecular complexity index is 220. The van der Waals surface area contributed by atoms with Crippen molar-refractivity contribution >= 4 is 0 Å². The minimum atomic E-state index is 0.792. The van der Waals surface area contributed by atoms with Gasteiger partial charge in [-0.3, -0.25) is 0 Å². The summed E-state index contributed by atoms with van der Waals surface area (Å²) in [5, 5.41) is 0. The smallest absolute Gasteiger partial charge is 0.00798 e. The zero-order chi connectivity index (χ0) is 8.84. The molecular formula is C12H19N. The highest BCUT2D eigenvalue weighted by molar-refractivity contribution is 5.14. The van der Waals surface area contributed by atoms with E-state index in [1.165, 1.54) is 44.2 Å². The fourth-order valence-corrected chi connectivity index (χ4v) is 2.49. The molecule has 1 heteroatoms. The highest BCUT2D eigenvalue weighted by atomic mass is 14.7. The molecule has 3 rings (SSSR count). The summed E-state index contributed by atoms with van der Waals surface area (Å²) < 4.78 is 0. The van der Waals surface area contributed by atoms with Gasteiger partial charge in [0.25, 0.3) is 0 Å². The van der Waals surface area contributed by atoms with Gasteiger partial charge in [0.2, 0.25) is 0 Å². The van der Waals surface area contributed by atoms with E-state index in [0.29, 0.717) is 0 Å². The third-order valence-electron chi connectivity index (χ3n) is 3.69. The second kappa shape index (κ2) is 2.76. The first-order valence-electron chi connectivity index (χ1n) is 5.82. The van der Waals surface area contributed by atoms with Gasteiger partial charge in [0.15, 0.2) is 0 Å². The van der Waals surface area contributed by atoms with Gasteiger partial charge in [-0.2, -0.15) is 0 Å². The van der Waals surface area contributed by atoms with Gasteiger partial charge in [0, 0.05) is 11.6 Å². The molecular weight excluding hydrogens is 158 g/mol. The van der Waals surface area contributed by atoms with E-state index in [1.807, 2.05) is 0 Å². The third-order valence-corrected chi connectivity index (χ3v) is 3.69. The SMILES string of the molecule is NC(=CC1CC1)C(C1CC1)C1CC1. The maximum atomic E-state index is 6.20. The van der Waals surface area contributed by atoms with Crippen molar-refractivity contribution < 1.29 is 0 Å². The summed E-state index contributed by atoms with van der Waals surface area (Å²) in [6.45, 7) is 0. The molecule has 0 heterocycles. The Morgan fingerprint density at radius 2 is 1.54 bits per heavy atom. The maximum absolute atomic E-state index is 6.20. The van der Waals surface area contributed by atoms with E-state index in [1.54, 1.807) is 0 Å². The van der Waals surface area contributed by atoms with Crippen molar-refractivity contribution in [3.8, 4) is 0 Å². The van der Waals surface area contributed by atoms with Gasteiger partial charge in [0.1, 0.15) is 0 Å². The average Bonchev–Trinajstić information content (AvgIpc) is 2.95. The standard InChI is InChI=1S/C12H19N/c13-11(7-8-1-2-8)12(9-3-4-9)10-5-6-10/h7-10,12H,1-6,13H2. The molecule has 0 aromatic rings. The Balaban J connectivity index is 1.70. The van der Waals surface area contributed by atoms with Gasteiger partial charge in [-0.25, -0.2) is 0 Å². The van der Waals surface area contributed by atoms with Crippen LogP contribution in [0.1, 0.15) is 38.5 Å². The number of hydrogen-bond acceptors (Lipinski definition) is 1. The van der Waals surface area contributed by atoms with Crippen molar-refractivity contribution in [1.29, 1.82) is 0 Å². The lowest BCUT2D eigenvalue weighted by Crippen LogP contribution is -2.16. The highest BCUT2D eigenvalue weighted by Crippen LogP contribution is 2.51. The molecule has 0 amide bonds. The predicted octanol–water partition coefficient (Wildman–Crippen LogP) is 2.68. The Morgan fingerprint density at radius 3 is 1.92 bits per heavy atom. The molecule has 0 aromatic heterocycles. The monoisotopic (exact) mass is 177 g/mol. The molecule has 3 aliphatic rings. The lowest BCUT2D eigenvalue weighted by molar-refractivity contribution is 0.466. The quantitative estimate of drug-likeness (QED) is 0.702. The average molecular weight is 177 g/mol. The van der Waals surface area contributed by atoms with Crippen molar-refractivity contribution in [2.45, 2.75) is 38.5 Å². The van der Waals surface area contributed by atoms with E-state index < -0.39 is 0 Å². The number of hydrogen-bond donors (Lipinski definition) is 1. The maximum Gasteiger partial charge on any atom is 0.00798 e. The fourth-order valence-electron chi connectivity index (χ4n) is 2.49. The first-order chi connectivity index (χ1) is 6.34. The summed E-state index contributed by atoms with van der Waals surface area (Å²) in [5.74, 6) is 3.60. The van der Waals surface area contributed by atoms with Crippen molar-refractivity contribution in [3.63, 3.8) is 0 Å². The molecule has 0 aliphatic heterocycles. The molecule has 3 saturated carbocycles. The first kappa shape index (κ1) is 7.90. The molecule has 0 radical (unpaired) electrons. The normalized spacial score (nSPS) is 29.8. The topological polar surface area (TPSA) is 26.0 Å². The minimum Gasteiger partial charge on any atom is -0.402 e. The predicted molar refractivity (Wildman–Crippen MR) is 53.9 cm³/mol. The van der Waals surface area contributed by atoms with Gasteiger partial charge >= 0.3 is 0 Å². The van der Waals surface area contributed by atoms with Crippen molar-refractivity contribution in [1.82, 2.24) is 0 Å². The van der Waals surface area contributed by atoms with Crippen LogP contribution in [0.15, 0.2) is 11.8 Å². The van der Waals surface area contributed by atoms with Crippen LogP contribution in [-0.4, -0.2) is 0 Å². The summed E-state index contributed by atoms with van der Waals surface area (Å²) >= 11 is 0. The van der Waals surface area contributed by atoms with E-state index in [9.17, 15) is 0 Å². The molecule has 1 nitrogen and oxygen atoms in total. The molecule has 0 unspecified atom stereocenters. The van der Waals surface area contributed by atoms with E-state index in [0.717, 1.165) is 23.7 Å². The van der Waals surface area contributed by atoms with E-state index in [-0.39, 0.29) is 0 Å². The minimum absolute atomic E-state index is 0.792. The zero-order valence-corrected chi connectivity index (χ0v) is 8.21. The first-order valence-corrected chi connectivity index (χ1v) is 5.82. The van der Waals surface area contributed by atoms with Crippen molar-refractivity contribution in [3.05, 3.63) is 11.8 Å². The van der Waals surface area contributed by atoms with E-state index in [2.05, 4.69) is 6.08 Å². The van der Waals surface area contributed by atoms with Crippen LogP contribution in [0.2, 0.25) is 0 Å². The molecule has 3 fully saturated rings. The Labute approximate surface area is 80.4 Å². The molecule has 2 N–H and O–H groups in total. The summed E-state index contributed by atoms with van der Waals surface area (Å²) in [6, 6.07) is 0. The number of rotatable bonds is 4. The largest absolute Gasteiger partial charge is 0.402 e. The molecule has 13 heavy (non-hydrogen) atoms.